The van der Waals surface area contributed by atoms with Crippen LogP contribution in [-0.4, -0.2) is 43.9 Å². The highest BCUT2D eigenvalue weighted by Gasteiger charge is 2.34. The third-order valence-corrected chi connectivity index (χ3v) is 3.88. The Hall–Kier alpha value is -2.11. The number of aromatic amines is 1. The minimum atomic E-state index is 0.0200. The highest BCUT2D eigenvalue weighted by molar-refractivity contribution is 5.93. The maximum atomic E-state index is 12.2. The molecule has 2 aromatic rings. The van der Waals surface area contributed by atoms with Gasteiger partial charge in [0, 0.05) is 37.1 Å². The number of nitrogens with zero attached hydrogens (tertiary/aromatic N) is 4. The smallest absolute Gasteiger partial charge is 0.274 e. The second-order valence-corrected chi connectivity index (χ2v) is 5.33. The molecule has 1 saturated carbocycles. The first-order valence-corrected chi connectivity index (χ1v) is 6.65. The number of carbonyl (C=O) groups excluding carboxylic acids is 1. The van der Waals surface area contributed by atoms with Crippen molar-refractivity contribution in [2.24, 2.45) is 0 Å². The Bertz CT molecular complexity index is 592. The molecule has 0 radical (unpaired) electrons. The van der Waals surface area contributed by atoms with Crippen molar-refractivity contribution < 1.29 is 4.79 Å². The number of nitrogens with one attached hydrogen (secondary N) is 1. The van der Waals surface area contributed by atoms with E-state index in [2.05, 4.69) is 15.3 Å². The lowest BCUT2D eigenvalue weighted by Gasteiger charge is -2.38. The van der Waals surface area contributed by atoms with E-state index in [0.29, 0.717) is 30.7 Å². The van der Waals surface area contributed by atoms with Gasteiger partial charge in [0.1, 0.15) is 5.69 Å². The van der Waals surface area contributed by atoms with E-state index >= 15 is 0 Å². The second-order valence-electron chi connectivity index (χ2n) is 5.33. The fourth-order valence-corrected chi connectivity index (χ4v) is 2.50. The Kier molecular flexibility index (Phi) is 2.24. The zero-order valence-corrected chi connectivity index (χ0v) is 10.5. The van der Waals surface area contributed by atoms with Crippen LogP contribution >= 0.6 is 0 Å². The summed E-state index contributed by atoms with van der Waals surface area (Å²) in [5, 5.41) is 11.3. The maximum absolute atomic E-state index is 12.2. The molecule has 1 saturated heterocycles. The molecule has 2 fully saturated rings. The molecule has 0 aromatic carbocycles. The lowest BCUT2D eigenvalue weighted by atomic mass is 10.1. The van der Waals surface area contributed by atoms with Gasteiger partial charge >= 0.3 is 0 Å². The van der Waals surface area contributed by atoms with Crippen molar-refractivity contribution in [1.29, 1.82) is 0 Å². The molecular formula is C13H15N5O. The molecule has 98 valence electrons. The van der Waals surface area contributed by atoms with Crippen LogP contribution in [0.5, 0.6) is 0 Å². The third kappa shape index (κ3) is 1.83. The molecule has 2 aromatic heterocycles. The van der Waals surface area contributed by atoms with Crippen LogP contribution in [0.4, 0.5) is 0 Å². The standard InChI is InChI=1S/C13H15N5O/c19-13(12-6-11(15-16-12)9-2-3-9)17-7-10(8-17)18-5-1-4-14-18/h1,4-6,9-10H,2-3,7-8H2,(H,15,16). The predicted molar refractivity (Wildman–Crippen MR) is 67.7 cm³/mol. The largest absolute Gasteiger partial charge is 0.333 e. The van der Waals surface area contributed by atoms with Gasteiger partial charge in [0.15, 0.2) is 0 Å². The fraction of sp³-hybridized carbons (Fsp3) is 0.462. The topological polar surface area (TPSA) is 66.8 Å². The summed E-state index contributed by atoms with van der Waals surface area (Å²) in [5.41, 5.74) is 1.65. The molecule has 2 aliphatic rings. The number of H-pyrrole nitrogens is 1. The van der Waals surface area contributed by atoms with Crippen molar-refractivity contribution in [2.45, 2.75) is 24.8 Å². The Morgan fingerprint density at radius 3 is 2.89 bits per heavy atom. The van der Waals surface area contributed by atoms with Gasteiger partial charge in [-0.15, -0.1) is 0 Å². The molecule has 0 bridgehead atoms. The fourth-order valence-electron chi connectivity index (χ4n) is 2.50. The van der Waals surface area contributed by atoms with Gasteiger partial charge in [0.05, 0.1) is 6.04 Å². The number of amides is 1. The molecule has 19 heavy (non-hydrogen) atoms. The summed E-state index contributed by atoms with van der Waals surface area (Å²) in [7, 11) is 0. The van der Waals surface area contributed by atoms with E-state index in [1.807, 2.05) is 27.9 Å². The van der Waals surface area contributed by atoms with Crippen LogP contribution in [-0.2, 0) is 0 Å². The minimum absolute atomic E-state index is 0.0200. The first-order chi connectivity index (χ1) is 9.31. The Balaban J connectivity index is 1.41. The highest BCUT2D eigenvalue weighted by Crippen LogP contribution is 2.39. The van der Waals surface area contributed by atoms with Crippen LogP contribution in [0, 0.1) is 0 Å². The van der Waals surface area contributed by atoms with E-state index in [4.69, 9.17) is 0 Å². The zero-order chi connectivity index (χ0) is 12.8. The molecule has 0 unspecified atom stereocenters. The summed E-state index contributed by atoms with van der Waals surface area (Å²) >= 11 is 0. The molecule has 1 amide bonds. The van der Waals surface area contributed by atoms with Crippen molar-refractivity contribution in [3.63, 3.8) is 0 Å². The molecular weight excluding hydrogens is 242 g/mol. The molecule has 6 nitrogen and oxygen atoms in total. The molecule has 1 aliphatic heterocycles. The van der Waals surface area contributed by atoms with Crippen LogP contribution in [0.1, 0.15) is 41.0 Å². The van der Waals surface area contributed by atoms with Crippen molar-refractivity contribution in [1.82, 2.24) is 24.9 Å². The summed E-state index contributed by atoms with van der Waals surface area (Å²) < 4.78 is 1.91. The number of aromatic nitrogens is 4. The average molecular weight is 257 g/mol. The van der Waals surface area contributed by atoms with Crippen molar-refractivity contribution in [2.75, 3.05) is 13.1 Å². The second kappa shape index (κ2) is 3.94. The number of hydrogen-bond acceptors (Lipinski definition) is 3. The SMILES string of the molecule is O=C(c1cc(C2CC2)[nH]n1)N1CC(n2cccn2)C1. The normalized spacial score (nSPS) is 19.5. The summed E-state index contributed by atoms with van der Waals surface area (Å²) in [6, 6.07) is 4.11. The van der Waals surface area contributed by atoms with E-state index in [-0.39, 0.29) is 5.91 Å². The van der Waals surface area contributed by atoms with E-state index in [1.54, 1.807) is 6.20 Å². The molecule has 4 rings (SSSR count). The zero-order valence-electron chi connectivity index (χ0n) is 10.5. The average Bonchev–Trinajstić information content (AvgIpc) is 2.90. The Morgan fingerprint density at radius 1 is 1.37 bits per heavy atom. The van der Waals surface area contributed by atoms with Gasteiger partial charge in [0.2, 0.25) is 0 Å². The number of likely N-dealkylation sites (tertiary alicyclic amines) is 1. The van der Waals surface area contributed by atoms with Crippen molar-refractivity contribution in [3.8, 4) is 0 Å². The number of hydrogen-bond donors (Lipinski definition) is 1. The van der Waals surface area contributed by atoms with Crippen LogP contribution < -0.4 is 0 Å². The Labute approximate surface area is 110 Å². The number of rotatable bonds is 3. The van der Waals surface area contributed by atoms with Crippen LogP contribution in [0.15, 0.2) is 24.5 Å². The first-order valence-electron chi connectivity index (χ1n) is 6.65. The minimum Gasteiger partial charge on any atom is -0.333 e. The van der Waals surface area contributed by atoms with Gasteiger partial charge in [-0.3, -0.25) is 14.6 Å². The third-order valence-electron chi connectivity index (χ3n) is 3.88. The number of carbonyl (C=O) groups is 1. The van der Waals surface area contributed by atoms with Gasteiger partial charge < -0.3 is 4.90 Å². The highest BCUT2D eigenvalue weighted by atomic mass is 16.2. The Morgan fingerprint density at radius 2 is 2.21 bits per heavy atom. The van der Waals surface area contributed by atoms with Gasteiger partial charge in [-0.2, -0.15) is 10.2 Å². The lowest BCUT2D eigenvalue weighted by Crippen LogP contribution is -2.50. The summed E-state index contributed by atoms with van der Waals surface area (Å²) in [4.78, 5) is 14.0. The van der Waals surface area contributed by atoms with Crippen LogP contribution in [0.2, 0.25) is 0 Å². The van der Waals surface area contributed by atoms with Crippen LogP contribution in [0.3, 0.4) is 0 Å². The van der Waals surface area contributed by atoms with Crippen molar-refractivity contribution >= 4 is 5.91 Å². The molecule has 0 atom stereocenters. The van der Waals surface area contributed by atoms with Gasteiger partial charge in [0.25, 0.3) is 5.91 Å². The van der Waals surface area contributed by atoms with E-state index in [0.717, 1.165) is 5.69 Å². The van der Waals surface area contributed by atoms with E-state index < -0.39 is 0 Å². The lowest BCUT2D eigenvalue weighted by molar-refractivity contribution is 0.0495. The molecule has 1 aliphatic carbocycles. The molecule has 6 heteroatoms. The molecule has 3 heterocycles. The first kappa shape index (κ1) is 10.8. The van der Waals surface area contributed by atoms with Gasteiger partial charge in [-0.1, -0.05) is 0 Å². The maximum Gasteiger partial charge on any atom is 0.274 e. The summed E-state index contributed by atoms with van der Waals surface area (Å²) in [6.07, 6.45) is 6.12. The van der Waals surface area contributed by atoms with Gasteiger partial charge in [-0.25, -0.2) is 0 Å². The van der Waals surface area contributed by atoms with E-state index in [1.165, 1.54) is 12.8 Å². The van der Waals surface area contributed by atoms with Crippen LogP contribution in [0.25, 0.3) is 0 Å². The van der Waals surface area contributed by atoms with E-state index in [9.17, 15) is 4.79 Å². The molecule has 0 spiro atoms. The monoisotopic (exact) mass is 257 g/mol. The quantitative estimate of drug-likeness (QED) is 0.897. The summed E-state index contributed by atoms with van der Waals surface area (Å²) in [6.45, 7) is 1.43. The van der Waals surface area contributed by atoms with Gasteiger partial charge in [-0.05, 0) is 25.0 Å². The predicted octanol–water partition coefficient (Wildman–Crippen LogP) is 1.18. The van der Waals surface area contributed by atoms with Crippen molar-refractivity contribution in [3.05, 3.63) is 35.9 Å². The molecule has 1 N–H and O–H groups in total. The summed E-state index contributed by atoms with van der Waals surface area (Å²) in [5.74, 6) is 0.619.